The molecule has 0 radical (unpaired) electrons. The second-order valence-corrected chi connectivity index (χ2v) is 5.72. The lowest BCUT2D eigenvalue weighted by atomic mass is 10.1. The van der Waals surface area contributed by atoms with Gasteiger partial charge >= 0.3 is 0 Å². The predicted molar refractivity (Wildman–Crippen MR) is 80.0 cm³/mol. The van der Waals surface area contributed by atoms with Crippen molar-refractivity contribution in [2.24, 2.45) is 5.73 Å². The Morgan fingerprint density at radius 3 is 2.47 bits per heavy atom. The highest BCUT2D eigenvalue weighted by molar-refractivity contribution is 7.99. The van der Waals surface area contributed by atoms with Crippen LogP contribution in [0.15, 0.2) is 24.3 Å². The predicted octanol–water partition coefficient (Wildman–Crippen LogP) is 2.90. The van der Waals surface area contributed by atoms with Gasteiger partial charge < -0.3 is 10.6 Å². The maximum absolute atomic E-state index is 5.87. The summed E-state index contributed by atoms with van der Waals surface area (Å²) in [6.45, 7) is 5.03. The lowest BCUT2D eigenvalue weighted by molar-refractivity contribution is 0.623. The first-order valence-corrected chi connectivity index (χ1v) is 7.41. The van der Waals surface area contributed by atoms with Gasteiger partial charge in [0.2, 0.25) is 0 Å². The molecule has 0 amide bonds. The van der Waals surface area contributed by atoms with Crippen molar-refractivity contribution in [2.45, 2.75) is 26.3 Å². The molecule has 0 aliphatic rings. The molecule has 1 aromatic rings. The third-order valence-electron chi connectivity index (χ3n) is 3.06. The Labute approximate surface area is 110 Å². The highest BCUT2D eigenvalue weighted by atomic mass is 32.2. The van der Waals surface area contributed by atoms with Gasteiger partial charge in [-0.3, -0.25) is 0 Å². The van der Waals surface area contributed by atoms with Crippen LogP contribution < -0.4 is 10.6 Å². The van der Waals surface area contributed by atoms with Crippen LogP contribution in [0.4, 0.5) is 5.69 Å². The van der Waals surface area contributed by atoms with E-state index in [1.165, 1.54) is 22.8 Å². The molecule has 1 rings (SSSR count). The number of aryl methyl sites for hydroxylation is 1. The molecule has 2 nitrogen and oxygen atoms in total. The second-order valence-electron chi connectivity index (χ2n) is 4.32. The smallest absolute Gasteiger partial charge is 0.0416 e. The van der Waals surface area contributed by atoms with Gasteiger partial charge in [-0.1, -0.05) is 24.6 Å². The molecular formula is C14H24N2S. The van der Waals surface area contributed by atoms with Crippen molar-refractivity contribution in [3.63, 3.8) is 0 Å². The molecule has 1 atom stereocenters. The van der Waals surface area contributed by atoms with E-state index in [1.807, 2.05) is 11.8 Å². The van der Waals surface area contributed by atoms with Crippen LogP contribution in [0.5, 0.6) is 0 Å². The Hall–Kier alpha value is -0.670. The number of hydrogen-bond donors (Lipinski definition) is 1. The van der Waals surface area contributed by atoms with Crippen molar-refractivity contribution in [1.82, 2.24) is 0 Å². The van der Waals surface area contributed by atoms with Gasteiger partial charge in [-0.25, -0.2) is 0 Å². The lowest BCUT2D eigenvalue weighted by Gasteiger charge is -2.29. The Bertz CT molecular complexity index is 311. The molecule has 2 N–H and O–H groups in total. The molecule has 0 saturated carbocycles. The molecular weight excluding hydrogens is 228 g/mol. The van der Waals surface area contributed by atoms with E-state index in [4.69, 9.17) is 5.73 Å². The van der Waals surface area contributed by atoms with Crippen molar-refractivity contribution in [3.8, 4) is 0 Å². The van der Waals surface area contributed by atoms with Crippen LogP contribution in [0.1, 0.15) is 18.9 Å². The third-order valence-corrected chi connectivity index (χ3v) is 3.99. The summed E-state index contributed by atoms with van der Waals surface area (Å²) in [5.74, 6) is 2.38. The monoisotopic (exact) mass is 252 g/mol. The quantitative estimate of drug-likeness (QED) is 0.757. The van der Waals surface area contributed by atoms with Gasteiger partial charge in [-0.2, -0.15) is 11.8 Å². The van der Waals surface area contributed by atoms with Crippen molar-refractivity contribution >= 4 is 17.4 Å². The van der Waals surface area contributed by atoms with Gasteiger partial charge in [0, 0.05) is 25.3 Å². The van der Waals surface area contributed by atoms with E-state index in [9.17, 15) is 0 Å². The number of anilines is 1. The number of likely N-dealkylation sites (N-methyl/N-ethyl adjacent to an activating group) is 1. The van der Waals surface area contributed by atoms with E-state index in [1.54, 1.807) is 0 Å². The third kappa shape index (κ3) is 4.60. The molecule has 0 saturated heterocycles. The van der Waals surface area contributed by atoms with Crippen LogP contribution in [0.25, 0.3) is 0 Å². The van der Waals surface area contributed by atoms with E-state index < -0.39 is 0 Å². The van der Waals surface area contributed by atoms with Gasteiger partial charge in [-0.15, -0.1) is 0 Å². The summed E-state index contributed by atoms with van der Waals surface area (Å²) in [6, 6.07) is 9.09. The zero-order valence-electron chi connectivity index (χ0n) is 11.1. The minimum absolute atomic E-state index is 0.441. The molecule has 0 spiro atoms. The SMILES string of the molecule is CCSCCC(CN)N(C)c1ccc(C)cc1. The van der Waals surface area contributed by atoms with Gasteiger partial charge in [0.25, 0.3) is 0 Å². The minimum Gasteiger partial charge on any atom is -0.370 e. The maximum Gasteiger partial charge on any atom is 0.0416 e. The number of nitrogens with zero attached hydrogens (tertiary/aromatic N) is 1. The summed E-state index contributed by atoms with van der Waals surface area (Å²) < 4.78 is 0. The highest BCUT2D eigenvalue weighted by Gasteiger charge is 2.12. The fourth-order valence-electron chi connectivity index (χ4n) is 1.82. The molecule has 0 aliphatic carbocycles. The van der Waals surface area contributed by atoms with Crippen molar-refractivity contribution < 1.29 is 0 Å². The molecule has 3 heteroatoms. The highest BCUT2D eigenvalue weighted by Crippen LogP contribution is 2.18. The Morgan fingerprint density at radius 2 is 1.94 bits per heavy atom. The first-order valence-electron chi connectivity index (χ1n) is 6.26. The Balaban J connectivity index is 2.58. The number of hydrogen-bond acceptors (Lipinski definition) is 3. The molecule has 1 aromatic carbocycles. The van der Waals surface area contributed by atoms with E-state index in [-0.39, 0.29) is 0 Å². The van der Waals surface area contributed by atoms with Crippen LogP contribution in [0.2, 0.25) is 0 Å². The average Bonchev–Trinajstić information content (AvgIpc) is 2.35. The molecule has 0 fully saturated rings. The number of nitrogens with two attached hydrogens (primary N) is 1. The summed E-state index contributed by atoms with van der Waals surface area (Å²) >= 11 is 1.98. The van der Waals surface area contributed by atoms with Gasteiger partial charge in [0.15, 0.2) is 0 Å². The molecule has 0 heterocycles. The van der Waals surface area contributed by atoms with Crippen LogP contribution in [-0.2, 0) is 0 Å². The minimum atomic E-state index is 0.441. The molecule has 96 valence electrons. The average molecular weight is 252 g/mol. The second kappa shape index (κ2) is 7.62. The zero-order valence-corrected chi connectivity index (χ0v) is 12.0. The summed E-state index contributed by atoms with van der Waals surface area (Å²) in [6.07, 6.45) is 1.15. The van der Waals surface area contributed by atoms with Crippen LogP contribution in [0, 0.1) is 6.92 Å². The van der Waals surface area contributed by atoms with Gasteiger partial charge in [0.05, 0.1) is 0 Å². The largest absolute Gasteiger partial charge is 0.370 e. The van der Waals surface area contributed by atoms with Gasteiger partial charge in [-0.05, 0) is 37.0 Å². The fourth-order valence-corrected chi connectivity index (χ4v) is 2.55. The molecule has 1 unspecified atom stereocenters. The van der Waals surface area contributed by atoms with E-state index in [2.05, 4.69) is 50.1 Å². The molecule has 17 heavy (non-hydrogen) atoms. The molecule has 0 aliphatic heterocycles. The summed E-state index contributed by atoms with van der Waals surface area (Å²) in [5, 5.41) is 0. The topological polar surface area (TPSA) is 29.3 Å². The van der Waals surface area contributed by atoms with Crippen LogP contribution in [0.3, 0.4) is 0 Å². The lowest BCUT2D eigenvalue weighted by Crippen LogP contribution is -2.38. The van der Waals surface area contributed by atoms with Crippen LogP contribution >= 0.6 is 11.8 Å². The Kier molecular flexibility index (Phi) is 6.45. The fraction of sp³-hybridized carbons (Fsp3) is 0.571. The first kappa shape index (κ1) is 14.4. The van der Waals surface area contributed by atoms with Crippen LogP contribution in [-0.4, -0.2) is 31.1 Å². The van der Waals surface area contributed by atoms with E-state index in [0.29, 0.717) is 12.6 Å². The number of rotatable bonds is 7. The molecule has 0 aromatic heterocycles. The molecule has 0 bridgehead atoms. The van der Waals surface area contributed by atoms with Crippen molar-refractivity contribution in [2.75, 3.05) is 30.0 Å². The van der Waals surface area contributed by atoms with E-state index in [0.717, 1.165) is 6.42 Å². The zero-order chi connectivity index (χ0) is 12.7. The van der Waals surface area contributed by atoms with E-state index >= 15 is 0 Å². The standard InChI is InChI=1S/C14H24N2S/c1-4-17-10-9-14(11-15)16(3)13-7-5-12(2)6-8-13/h5-8,14H,4,9-11,15H2,1-3H3. The number of benzene rings is 1. The van der Waals surface area contributed by atoms with Gasteiger partial charge in [0.1, 0.15) is 0 Å². The summed E-state index contributed by atoms with van der Waals surface area (Å²) in [4.78, 5) is 2.30. The summed E-state index contributed by atoms with van der Waals surface area (Å²) in [5.41, 5.74) is 8.43. The maximum atomic E-state index is 5.87. The first-order chi connectivity index (χ1) is 8.19. The van der Waals surface area contributed by atoms with Crippen molar-refractivity contribution in [1.29, 1.82) is 0 Å². The summed E-state index contributed by atoms with van der Waals surface area (Å²) in [7, 11) is 2.14. The Morgan fingerprint density at radius 1 is 1.29 bits per heavy atom. The number of thioether (sulfide) groups is 1. The van der Waals surface area contributed by atoms with Crippen molar-refractivity contribution in [3.05, 3.63) is 29.8 Å². The normalized spacial score (nSPS) is 12.5.